The number of fused-ring (bicyclic) bond motifs is 1. The Bertz CT molecular complexity index is 894. The highest BCUT2D eigenvalue weighted by molar-refractivity contribution is 8.00. The normalized spacial score (nSPS) is 21.7. The van der Waals surface area contributed by atoms with Gasteiger partial charge in [0.25, 0.3) is 11.8 Å². The Balaban J connectivity index is 1.76. The fraction of sp³-hybridized carbons (Fsp3) is 0.312. The summed E-state index contributed by atoms with van der Waals surface area (Å²) in [5.41, 5.74) is -0.167. The van der Waals surface area contributed by atoms with E-state index in [0.29, 0.717) is 10.5 Å². The van der Waals surface area contributed by atoms with Crippen molar-refractivity contribution < 1.29 is 34.2 Å². The Hall–Kier alpha value is -2.86. The third-order valence-corrected chi connectivity index (χ3v) is 6.27. The van der Waals surface area contributed by atoms with E-state index in [0.717, 1.165) is 4.90 Å². The van der Waals surface area contributed by atoms with E-state index in [1.165, 1.54) is 30.0 Å². The number of carbonyl (C=O) groups is 4. The van der Waals surface area contributed by atoms with Gasteiger partial charge in [-0.05, 0) is 11.4 Å². The summed E-state index contributed by atoms with van der Waals surface area (Å²) in [5.74, 6) is -3.00. The van der Waals surface area contributed by atoms with E-state index in [1.54, 1.807) is 17.5 Å². The molecule has 2 aliphatic rings. The van der Waals surface area contributed by atoms with Crippen molar-refractivity contribution in [3.63, 3.8) is 0 Å². The number of β-lactam (4-membered cyclic amide) rings is 1. The van der Waals surface area contributed by atoms with Gasteiger partial charge in [0, 0.05) is 18.2 Å². The predicted octanol–water partition coefficient (Wildman–Crippen LogP) is 0.228. The topological polar surface area (TPSA) is 146 Å². The minimum absolute atomic E-state index is 0.224. The summed E-state index contributed by atoms with van der Waals surface area (Å²) in [6, 6.07) is 2.31. The summed E-state index contributed by atoms with van der Waals surface area (Å²) in [5, 5.41) is 25.2. The van der Waals surface area contributed by atoms with Gasteiger partial charge < -0.3 is 20.4 Å². The minimum atomic E-state index is -1.32. The van der Waals surface area contributed by atoms with Crippen molar-refractivity contribution in [3.05, 3.63) is 33.7 Å². The number of thioether (sulfide) groups is 1. The average molecular weight is 425 g/mol. The van der Waals surface area contributed by atoms with Gasteiger partial charge in [-0.25, -0.2) is 4.79 Å². The minimum Gasteiger partial charge on any atom is -0.477 e. The number of amides is 2. The molecule has 3 rings (SSSR count). The maximum absolute atomic E-state index is 12.5. The van der Waals surface area contributed by atoms with Gasteiger partial charge in [-0.2, -0.15) is 0 Å². The van der Waals surface area contributed by atoms with Gasteiger partial charge in [0.05, 0.1) is 4.88 Å². The van der Waals surface area contributed by atoms with Crippen LogP contribution >= 0.6 is 23.1 Å². The molecule has 0 aliphatic carbocycles. The molecule has 2 atom stereocenters. The summed E-state index contributed by atoms with van der Waals surface area (Å²) in [6.45, 7) is 0.977. The number of hydrogen-bond donors (Lipinski definition) is 3. The van der Waals surface area contributed by atoms with E-state index in [9.17, 15) is 24.3 Å². The number of rotatable bonds is 6. The molecule has 0 bridgehead atoms. The molecule has 12 heteroatoms. The van der Waals surface area contributed by atoms with Gasteiger partial charge in [0.15, 0.2) is 5.71 Å². The van der Waals surface area contributed by atoms with Crippen LogP contribution in [0.25, 0.3) is 0 Å². The van der Waals surface area contributed by atoms with Crippen LogP contribution < -0.4 is 5.32 Å². The van der Waals surface area contributed by atoms with Crippen LogP contribution in [-0.2, 0) is 23.9 Å². The van der Waals surface area contributed by atoms with E-state index in [4.69, 9.17) is 9.94 Å². The van der Waals surface area contributed by atoms with Gasteiger partial charge in [-0.1, -0.05) is 11.2 Å². The largest absolute Gasteiger partial charge is 0.477 e. The first-order valence-electron chi connectivity index (χ1n) is 7.95. The number of carboxylic acid groups (broad SMARTS) is 1. The molecular formula is C16H15N3O7S2. The highest BCUT2D eigenvalue weighted by Crippen LogP contribution is 2.40. The Morgan fingerprint density at radius 3 is 2.75 bits per heavy atom. The second kappa shape index (κ2) is 8.02. The standard InChI is InChI=1S/C16H15N3O7S2/c1-7(20)26-5-8-6-28-15-11(14(22)19(15)12(8)16(23)24)17-13(21)10(18-25)9-3-2-4-27-9/h2-4,11,15,25H,5-6H2,1H3,(H,17,21)(H,23,24)/b18-10-/t11-,15-/m1/s1. The number of carboxylic acids is 1. The van der Waals surface area contributed by atoms with Crippen LogP contribution in [0.1, 0.15) is 11.8 Å². The van der Waals surface area contributed by atoms with Crippen molar-refractivity contribution in [2.24, 2.45) is 5.16 Å². The van der Waals surface area contributed by atoms with Crippen molar-refractivity contribution in [1.29, 1.82) is 0 Å². The van der Waals surface area contributed by atoms with Crippen LogP contribution in [0.3, 0.4) is 0 Å². The molecule has 0 spiro atoms. The van der Waals surface area contributed by atoms with Crippen LogP contribution in [0.5, 0.6) is 0 Å². The van der Waals surface area contributed by atoms with E-state index >= 15 is 0 Å². The number of nitrogens with zero attached hydrogens (tertiary/aromatic N) is 2. The summed E-state index contributed by atoms with van der Waals surface area (Å²) in [4.78, 5) is 49.0. The molecule has 3 N–H and O–H groups in total. The number of oxime groups is 1. The first-order valence-corrected chi connectivity index (χ1v) is 9.88. The highest BCUT2D eigenvalue weighted by Gasteiger charge is 2.54. The van der Waals surface area contributed by atoms with Gasteiger partial charge in [0.1, 0.15) is 23.7 Å². The lowest BCUT2D eigenvalue weighted by Gasteiger charge is -2.49. The highest BCUT2D eigenvalue weighted by atomic mass is 32.2. The van der Waals surface area contributed by atoms with Crippen LogP contribution in [0, 0.1) is 0 Å². The smallest absolute Gasteiger partial charge is 0.352 e. The monoisotopic (exact) mass is 425 g/mol. The molecule has 1 aromatic heterocycles. The van der Waals surface area contributed by atoms with Crippen molar-refractivity contribution in [2.75, 3.05) is 12.4 Å². The second-order valence-electron chi connectivity index (χ2n) is 5.82. The fourth-order valence-electron chi connectivity index (χ4n) is 2.81. The number of esters is 1. The van der Waals surface area contributed by atoms with Crippen LogP contribution in [0.15, 0.2) is 33.9 Å². The first kappa shape index (κ1) is 19.9. The SMILES string of the molecule is CC(=O)OCC1=C(C(=O)O)N2C(=O)[C@@H](NC(=O)/C(=N\O)c3cccs3)[C@H]2SC1. The molecule has 10 nitrogen and oxygen atoms in total. The number of hydrogen-bond acceptors (Lipinski definition) is 9. The zero-order chi connectivity index (χ0) is 20.4. The quantitative estimate of drug-likeness (QED) is 0.193. The maximum atomic E-state index is 12.5. The van der Waals surface area contributed by atoms with Gasteiger partial charge in [-0.3, -0.25) is 19.3 Å². The zero-order valence-corrected chi connectivity index (χ0v) is 16.1. The Labute approximate surface area is 166 Å². The van der Waals surface area contributed by atoms with E-state index in [2.05, 4.69) is 10.5 Å². The Morgan fingerprint density at radius 2 is 2.18 bits per heavy atom. The molecule has 0 aromatic carbocycles. The maximum Gasteiger partial charge on any atom is 0.352 e. The molecule has 0 unspecified atom stereocenters. The molecule has 0 saturated carbocycles. The van der Waals surface area contributed by atoms with Crippen molar-refractivity contribution in [3.8, 4) is 0 Å². The summed E-state index contributed by atoms with van der Waals surface area (Å²) >= 11 is 2.44. The molecule has 148 valence electrons. The molecule has 3 heterocycles. The number of thiophene rings is 1. The fourth-order valence-corrected chi connectivity index (χ4v) is 4.85. The Morgan fingerprint density at radius 1 is 1.43 bits per heavy atom. The third-order valence-electron chi connectivity index (χ3n) is 4.06. The van der Waals surface area contributed by atoms with Gasteiger partial charge >= 0.3 is 11.9 Å². The Kier molecular flexibility index (Phi) is 5.70. The number of ether oxygens (including phenoxy) is 1. The van der Waals surface area contributed by atoms with E-state index < -0.39 is 35.2 Å². The van der Waals surface area contributed by atoms with E-state index in [1.807, 2.05) is 0 Å². The summed E-state index contributed by atoms with van der Waals surface area (Å²) < 4.78 is 4.86. The number of carbonyl (C=O) groups excluding carboxylic acids is 3. The van der Waals surface area contributed by atoms with Crippen LogP contribution in [0.2, 0.25) is 0 Å². The molecule has 1 fully saturated rings. The number of nitrogens with one attached hydrogen (secondary N) is 1. The molecule has 2 amide bonds. The van der Waals surface area contributed by atoms with Crippen molar-refractivity contribution >= 4 is 52.6 Å². The molecule has 1 aromatic rings. The molecular weight excluding hydrogens is 410 g/mol. The van der Waals surface area contributed by atoms with Gasteiger partial charge in [-0.15, -0.1) is 23.1 Å². The summed E-state index contributed by atoms with van der Waals surface area (Å²) in [7, 11) is 0. The predicted molar refractivity (Wildman–Crippen MR) is 99.0 cm³/mol. The van der Waals surface area contributed by atoms with Crippen molar-refractivity contribution in [1.82, 2.24) is 10.2 Å². The number of aliphatic carboxylic acids is 1. The zero-order valence-electron chi connectivity index (χ0n) is 14.4. The lowest BCUT2D eigenvalue weighted by molar-refractivity contribution is -0.150. The van der Waals surface area contributed by atoms with Crippen LogP contribution in [-0.4, -0.2) is 68.5 Å². The first-order chi connectivity index (χ1) is 13.3. The van der Waals surface area contributed by atoms with Gasteiger partial charge in [0.2, 0.25) is 0 Å². The molecule has 28 heavy (non-hydrogen) atoms. The molecule has 2 aliphatic heterocycles. The van der Waals surface area contributed by atoms with Crippen LogP contribution in [0.4, 0.5) is 0 Å². The second-order valence-corrected chi connectivity index (χ2v) is 7.88. The van der Waals surface area contributed by atoms with E-state index in [-0.39, 0.29) is 23.8 Å². The molecule has 1 saturated heterocycles. The summed E-state index contributed by atoms with van der Waals surface area (Å²) in [6.07, 6.45) is 0. The lowest BCUT2D eigenvalue weighted by Crippen LogP contribution is -2.71. The average Bonchev–Trinajstić information content (AvgIpc) is 3.18. The molecule has 0 radical (unpaired) electrons. The lowest BCUT2D eigenvalue weighted by atomic mass is 10.0. The van der Waals surface area contributed by atoms with Crippen molar-refractivity contribution in [2.45, 2.75) is 18.3 Å². The third kappa shape index (κ3) is 3.60.